The molecule has 33 heavy (non-hydrogen) atoms. The number of hydrogen-bond acceptors (Lipinski definition) is 6. The molecule has 0 aliphatic carbocycles. The van der Waals surface area contributed by atoms with Gasteiger partial charge in [-0.05, 0) is 66.9 Å². The maximum Gasteiger partial charge on any atom is 0.282 e. The fraction of sp³-hybridized carbons (Fsp3) is 0.120. The number of nitrogens with one attached hydrogen (secondary N) is 1. The van der Waals surface area contributed by atoms with Gasteiger partial charge < -0.3 is 10.1 Å². The van der Waals surface area contributed by atoms with Gasteiger partial charge >= 0.3 is 0 Å². The fourth-order valence-electron chi connectivity index (χ4n) is 3.61. The second kappa shape index (κ2) is 8.58. The number of amides is 2. The molecule has 166 valence electrons. The second-order valence-corrected chi connectivity index (χ2v) is 7.63. The number of nitrogens with zero attached hydrogens (tertiary/aromatic N) is 2. The number of aryl methyl sites for hydroxylation is 2. The number of benzene rings is 3. The average molecular weight is 443 g/mol. The summed E-state index contributed by atoms with van der Waals surface area (Å²) in [5, 5.41) is 14.1. The van der Waals surface area contributed by atoms with E-state index in [1.54, 1.807) is 36.4 Å². The molecule has 0 aromatic heterocycles. The van der Waals surface area contributed by atoms with E-state index < -0.39 is 16.7 Å². The number of hydrogen-bond donors (Lipinski definition) is 1. The molecule has 0 saturated heterocycles. The molecule has 8 heteroatoms. The van der Waals surface area contributed by atoms with Gasteiger partial charge in [-0.1, -0.05) is 12.1 Å². The van der Waals surface area contributed by atoms with Crippen LogP contribution in [0.1, 0.15) is 16.7 Å². The van der Waals surface area contributed by atoms with Gasteiger partial charge in [0.2, 0.25) is 0 Å². The number of nitro groups is 1. The summed E-state index contributed by atoms with van der Waals surface area (Å²) in [7, 11) is 1.53. The highest BCUT2D eigenvalue weighted by atomic mass is 16.6. The van der Waals surface area contributed by atoms with Crippen LogP contribution in [0.25, 0.3) is 5.57 Å². The summed E-state index contributed by atoms with van der Waals surface area (Å²) in [5.74, 6) is -0.442. The molecule has 2 amide bonds. The van der Waals surface area contributed by atoms with Crippen molar-refractivity contribution >= 4 is 34.4 Å². The predicted molar refractivity (Wildman–Crippen MR) is 125 cm³/mol. The first-order chi connectivity index (χ1) is 15.8. The molecule has 0 saturated carbocycles. The highest BCUT2D eigenvalue weighted by Crippen LogP contribution is 2.35. The standard InChI is InChI=1S/C25H21N3O5/c1-15-7-10-20(13-16(15)2)27-24(29)22(17-8-11-19(12-9-17)28(31)32)23(25(27)30)26-18-5-4-6-21(14-18)33-3/h4-14,26H,1-3H3. The van der Waals surface area contributed by atoms with Crippen LogP contribution in [-0.4, -0.2) is 23.8 Å². The minimum absolute atomic E-state index is 0.0836. The largest absolute Gasteiger partial charge is 0.497 e. The van der Waals surface area contributed by atoms with E-state index in [1.807, 2.05) is 19.9 Å². The summed E-state index contributed by atoms with van der Waals surface area (Å²) >= 11 is 0. The van der Waals surface area contributed by atoms with Gasteiger partial charge in [-0.15, -0.1) is 0 Å². The van der Waals surface area contributed by atoms with E-state index in [9.17, 15) is 19.7 Å². The Balaban J connectivity index is 1.82. The molecule has 4 rings (SSSR count). The van der Waals surface area contributed by atoms with E-state index >= 15 is 0 Å². The summed E-state index contributed by atoms with van der Waals surface area (Å²) in [6.45, 7) is 3.85. The van der Waals surface area contributed by atoms with Crippen LogP contribution in [0.5, 0.6) is 5.75 Å². The summed E-state index contributed by atoms with van der Waals surface area (Å²) in [5.41, 5.74) is 3.51. The molecule has 0 bridgehead atoms. The van der Waals surface area contributed by atoms with Crippen molar-refractivity contribution in [2.24, 2.45) is 0 Å². The number of imide groups is 1. The molecule has 0 radical (unpaired) electrons. The number of non-ortho nitro benzene ring substituents is 1. The number of carbonyl (C=O) groups excluding carboxylic acids is 2. The highest BCUT2D eigenvalue weighted by Gasteiger charge is 2.40. The lowest BCUT2D eigenvalue weighted by Crippen LogP contribution is -2.32. The molecule has 0 unspecified atom stereocenters. The van der Waals surface area contributed by atoms with E-state index in [2.05, 4.69) is 5.32 Å². The van der Waals surface area contributed by atoms with Gasteiger partial charge in [0.15, 0.2) is 0 Å². The monoisotopic (exact) mass is 443 g/mol. The molecule has 0 spiro atoms. The van der Waals surface area contributed by atoms with Gasteiger partial charge in [-0.2, -0.15) is 0 Å². The Morgan fingerprint density at radius 1 is 0.909 bits per heavy atom. The molecule has 0 atom stereocenters. The fourth-order valence-corrected chi connectivity index (χ4v) is 3.61. The molecular formula is C25H21N3O5. The third kappa shape index (κ3) is 4.06. The molecule has 1 N–H and O–H groups in total. The van der Waals surface area contributed by atoms with Crippen molar-refractivity contribution in [1.82, 2.24) is 0 Å². The average Bonchev–Trinajstić information content (AvgIpc) is 3.05. The van der Waals surface area contributed by atoms with Crippen LogP contribution in [0.4, 0.5) is 17.1 Å². The molecule has 1 aliphatic rings. The van der Waals surface area contributed by atoms with Crippen LogP contribution in [0.3, 0.4) is 0 Å². The lowest BCUT2D eigenvalue weighted by Gasteiger charge is -2.17. The van der Waals surface area contributed by atoms with Gasteiger partial charge in [-0.3, -0.25) is 19.7 Å². The van der Waals surface area contributed by atoms with Crippen molar-refractivity contribution in [2.45, 2.75) is 13.8 Å². The van der Waals surface area contributed by atoms with E-state index in [4.69, 9.17) is 4.74 Å². The number of ether oxygens (including phenoxy) is 1. The Hall–Kier alpha value is -4.46. The van der Waals surface area contributed by atoms with E-state index in [-0.39, 0.29) is 17.0 Å². The van der Waals surface area contributed by atoms with Crippen LogP contribution in [-0.2, 0) is 9.59 Å². The van der Waals surface area contributed by atoms with Crippen LogP contribution >= 0.6 is 0 Å². The molecule has 3 aromatic carbocycles. The SMILES string of the molecule is COc1cccc(NC2=C(c3ccc([N+](=O)[O-])cc3)C(=O)N(c3ccc(C)c(C)c3)C2=O)c1. The highest BCUT2D eigenvalue weighted by molar-refractivity contribution is 6.46. The minimum Gasteiger partial charge on any atom is -0.497 e. The first-order valence-corrected chi connectivity index (χ1v) is 10.2. The molecule has 1 aliphatic heterocycles. The summed E-state index contributed by atoms with van der Waals surface area (Å²) in [6, 6.07) is 17.9. The van der Waals surface area contributed by atoms with Gasteiger partial charge in [0.1, 0.15) is 11.4 Å². The Morgan fingerprint density at radius 2 is 1.64 bits per heavy atom. The Morgan fingerprint density at radius 3 is 2.27 bits per heavy atom. The Labute approximate surface area is 190 Å². The Kier molecular flexibility index (Phi) is 5.66. The molecule has 0 fully saturated rings. The normalized spacial score (nSPS) is 13.5. The van der Waals surface area contributed by atoms with Gasteiger partial charge in [0.25, 0.3) is 17.5 Å². The van der Waals surface area contributed by atoms with Crippen LogP contribution in [0, 0.1) is 24.0 Å². The Bertz CT molecular complexity index is 1310. The summed E-state index contributed by atoms with van der Waals surface area (Å²) in [4.78, 5) is 38.6. The lowest BCUT2D eigenvalue weighted by molar-refractivity contribution is -0.384. The second-order valence-electron chi connectivity index (χ2n) is 7.63. The maximum absolute atomic E-state index is 13.5. The van der Waals surface area contributed by atoms with Crippen molar-refractivity contribution in [1.29, 1.82) is 0 Å². The van der Waals surface area contributed by atoms with Crippen LogP contribution < -0.4 is 15.0 Å². The number of nitro benzene ring substituents is 1. The summed E-state index contributed by atoms with van der Waals surface area (Å²) in [6.07, 6.45) is 0. The number of rotatable bonds is 6. The number of methoxy groups -OCH3 is 1. The smallest absolute Gasteiger partial charge is 0.282 e. The van der Waals surface area contributed by atoms with Crippen molar-refractivity contribution in [3.8, 4) is 5.75 Å². The molecule has 3 aromatic rings. The molecule has 1 heterocycles. The third-order valence-electron chi connectivity index (χ3n) is 5.54. The van der Waals surface area contributed by atoms with E-state index in [0.717, 1.165) is 16.0 Å². The summed E-state index contributed by atoms with van der Waals surface area (Å²) < 4.78 is 5.25. The van der Waals surface area contributed by atoms with Gasteiger partial charge in [0, 0.05) is 23.9 Å². The van der Waals surface area contributed by atoms with Crippen LogP contribution in [0.15, 0.2) is 72.4 Å². The molecule has 8 nitrogen and oxygen atoms in total. The topological polar surface area (TPSA) is 102 Å². The van der Waals surface area contributed by atoms with Crippen molar-refractivity contribution < 1.29 is 19.2 Å². The zero-order valence-corrected chi connectivity index (χ0v) is 18.3. The van der Waals surface area contributed by atoms with Gasteiger partial charge in [0.05, 0.1) is 23.3 Å². The quantitative estimate of drug-likeness (QED) is 0.339. The third-order valence-corrected chi connectivity index (χ3v) is 5.54. The van der Waals surface area contributed by atoms with Crippen LogP contribution in [0.2, 0.25) is 0 Å². The van der Waals surface area contributed by atoms with Crippen molar-refractivity contribution in [3.05, 3.63) is 99.2 Å². The van der Waals surface area contributed by atoms with Gasteiger partial charge in [-0.25, -0.2) is 4.90 Å². The zero-order chi connectivity index (χ0) is 23.7. The number of carbonyl (C=O) groups is 2. The van der Waals surface area contributed by atoms with E-state index in [0.29, 0.717) is 22.7 Å². The van der Waals surface area contributed by atoms with E-state index in [1.165, 1.54) is 31.4 Å². The van der Waals surface area contributed by atoms with Crippen molar-refractivity contribution in [3.63, 3.8) is 0 Å². The zero-order valence-electron chi connectivity index (χ0n) is 18.3. The lowest BCUT2D eigenvalue weighted by atomic mass is 10.0. The number of anilines is 2. The first kappa shape index (κ1) is 21.8. The molecular weight excluding hydrogens is 422 g/mol. The first-order valence-electron chi connectivity index (χ1n) is 10.2. The predicted octanol–water partition coefficient (Wildman–Crippen LogP) is 4.62. The maximum atomic E-state index is 13.5. The van der Waals surface area contributed by atoms with Crippen molar-refractivity contribution in [2.75, 3.05) is 17.3 Å². The minimum atomic E-state index is -0.517.